The minimum Gasteiger partial charge on any atom is -0.497 e. The summed E-state index contributed by atoms with van der Waals surface area (Å²) in [6.07, 6.45) is 0. The van der Waals surface area contributed by atoms with Gasteiger partial charge in [0.15, 0.2) is 0 Å². The molecule has 0 fully saturated rings. The normalized spacial score (nSPS) is 11.4. The van der Waals surface area contributed by atoms with E-state index < -0.39 is 11.9 Å². The molecule has 3 rings (SSSR count). The van der Waals surface area contributed by atoms with Gasteiger partial charge in [0.2, 0.25) is 5.91 Å². The Morgan fingerprint density at radius 3 is 2.06 bits per heavy atom. The van der Waals surface area contributed by atoms with Gasteiger partial charge >= 0.3 is 0 Å². The summed E-state index contributed by atoms with van der Waals surface area (Å²) in [5, 5.41) is 8.43. The van der Waals surface area contributed by atoms with E-state index in [1.807, 2.05) is 32.9 Å². The number of benzene rings is 3. The quantitative estimate of drug-likeness (QED) is 0.457. The van der Waals surface area contributed by atoms with E-state index >= 15 is 0 Å². The maximum atomic E-state index is 13.1. The molecule has 3 amide bonds. The molecule has 0 saturated carbocycles. The van der Waals surface area contributed by atoms with Crippen LogP contribution in [0.2, 0.25) is 0 Å². The van der Waals surface area contributed by atoms with Crippen LogP contribution in [-0.4, -0.2) is 30.9 Å². The van der Waals surface area contributed by atoms with Gasteiger partial charge in [0.1, 0.15) is 11.8 Å². The maximum Gasteiger partial charge on any atom is 0.255 e. The van der Waals surface area contributed by atoms with Crippen LogP contribution < -0.4 is 20.7 Å². The van der Waals surface area contributed by atoms with Gasteiger partial charge in [-0.25, -0.2) is 0 Å². The van der Waals surface area contributed by atoms with Gasteiger partial charge in [0, 0.05) is 11.3 Å². The first-order chi connectivity index (χ1) is 16.3. The molecule has 3 aromatic rings. The lowest BCUT2D eigenvalue weighted by Gasteiger charge is -2.22. The van der Waals surface area contributed by atoms with Crippen LogP contribution in [0, 0.1) is 12.8 Å². The van der Waals surface area contributed by atoms with Crippen LogP contribution in [0.25, 0.3) is 0 Å². The Bertz CT molecular complexity index is 1160. The highest BCUT2D eigenvalue weighted by Crippen LogP contribution is 2.19. The zero-order valence-corrected chi connectivity index (χ0v) is 19.7. The predicted molar refractivity (Wildman–Crippen MR) is 133 cm³/mol. The van der Waals surface area contributed by atoms with Gasteiger partial charge in [-0.2, -0.15) is 0 Å². The molecule has 3 aromatic carbocycles. The van der Waals surface area contributed by atoms with Crippen LogP contribution in [0.3, 0.4) is 0 Å². The van der Waals surface area contributed by atoms with Crippen LogP contribution >= 0.6 is 0 Å². The number of anilines is 2. The predicted octanol–water partition coefficient (Wildman–Crippen LogP) is 4.65. The van der Waals surface area contributed by atoms with Crippen molar-refractivity contribution in [3.8, 4) is 5.75 Å². The van der Waals surface area contributed by atoms with E-state index in [9.17, 15) is 14.4 Å². The molecular weight excluding hydrogens is 430 g/mol. The Morgan fingerprint density at radius 1 is 0.794 bits per heavy atom. The summed E-state index contributed by atoms with van der Waals surface area (Å²) in [4.78, 5) is 38.7. The number of hydrogen-bond donors (Lipinski definition) is 3. The molecular formula is C27H29N3O4. The van der Waals surface area contributed by atoms with Crippen molar-refractivity contribution in [2.24, 2.45) is 5.92 Å². The highest BCUT2D eigenvalue weighted by molar-refractivity contribution is 6.10. The third-order valence-corrected chi connectivity index (χ3v) is 5.33. The number of carbonyl (C=O) groups is 3. The van der Waals surface area contributed by atoms with E-state index in [1.54, 1.807) is 67.8 Å². The van der Waals surface area contributed by atoms with Gasteiger partial charge in [0.05, 0.1) is 18.4 Å². The molecule has 34 heavy (non-hydrogen) atoms. The van der Waals surface area contributed by atoms with Crippen molar-refractivity contribution in [2.75, 3.05) is 17.7 Å². The fourth-order valence-corrected chi connectivity index (χ4v) is 3.34. The molecule has 7 heteroatoms. The Balaban J connectivity index is 1.74. The number of para-hydroxylation sites is 1. The van der Waals surface area contributed by atoms with E-state index in [2.05, 4.69) is 16.0 Å². The summed E-state index contributed by atoms with van der Waals surface area (Å²) >= 11 is 0. The molecule has 176 valence electrons. The van der Waals surface area contributed by atoms with Gasteiger partial charge in [-0.1, -0.05) is 43.7 Å². The first-order valence-corrected chi connectivity index (χ1v) is 11.0. The summed E-state index contributed by atoms with van der Waals surface area (Å²) in [6.45, 7) is 5.64. The van der Waals surface area contributed by atoms with Gasteiger partial charge < -0.3 is 20.7 Å². The van der Waals surface area contributed by atoms with Crippen LogP contribution in [0.15, 0.2) is 72.8 Å². The molecule has 0 radical (unpaired) electrons. The molecule has 0 aromatic heterocycles. The van der Waals surface area contributed by atoms with Crippen molar-refractivity contribution >= 4 is 29.1 Å². The monoisotopic (exact) mass is 459 g/mol. The van der Waals surface area contributed by atoms with E-state index in [-0.39, 0.29) is 23.3 Å². The first kappa shape index (κ1) is 24.5. The zero-order valence-electron chi connectivity index (χ0n) is 19.7. The molecule has 0 spiro atoms. The van der Waals surface area contributed by atoms with Gasteiger partial charge in [-0.15, -0.1) is 0 Å². The first-order valence-electron chi connectivity index (χ1n) is 11.0. The Hall–Kier alpha value is -4.13. The number of nitrogens with one attached hydrogen (secondary N) is 3. The molecule has 0 aliphatic heterocycles. The molecule has 1 atom stereocenters. The lowest BCUT2D eigenvalue weighted by atomic mass is 10.0. The van der Waals surface area contributed by atoms with Crippen molar-refractivity contribution in [1.82, 2.24) is 5.32 Å². The summed E-state index contributed by atoms with van der Waals surface area (Å²) in [6, 6.07) is 20.0. The molecule has 0 bridgehead atoms. The van der Waals surface area contributed by atoms with E-state index in [1.165, 1.54) is 0 Å². The fourth-order valence-electron chi connectivity index (χ4n) is 3.34. The number of carbonyl (C=O) groups excluding carboxylic acids is 3. The summed E-state index contributed by atoms with van der Waals surface area (Å²) in [5.41, 5.74) is 2.76. The van der Waals surface area contributed by atoms with Crippen LogP contribution in [0.4, 0.5) is 11.4 Å². The Labute approximate surface area is 199 Å². The fraction of sp³-hybridized carbons (Fsp3) is 0.222. The number of rotatable bonds is 8. The van der Waals surface area contributed by atoms with E-state index in [0.29, 0.717) is 22.7 Å². The van der Waals surface area contributed by atoms with Crippen molar-refractivity contribution in [3.63, 3.8) is 0 Å². The second-order valence-corrected chi connectivity index (χ2v) is 8.28. The highest BCUT2D eigenvalue weighted by atomic mass is 16.5. The van der Waals surface area contributed by atoms with Crippen LogP contribution in [0.5, 0.6) is 5.75 Å². The maximum absolute atomic E-state index is 13.1. The van der Waals surface area contributed by atoms with Crippen LogP contribution in [-0.2, 0) is 4.79 Å². The Kier molecular flexibility index (Phi) is 8.03. The zero-order chi connectivity index (χ0) is 24.7. The molecule has 0 unspecified atom stereocenters. The van der Waals surface area contributed by atoms with Gasteiger partial charge in [0.25, 0.3) is 11.8 Å². The third kappa shape index (κ3) is 6.22. The summed E-state index contributed by atoms with van der Waals surface area (Å²) in [5.74, 6) is -0.608. The minimum atomic E-state index is -0.782. The second kappa shape index (κ2) is 11.1. The van der Waals surface area contributed by atoms with E-state index in [4.69, 9.17) is 4.74 Å². The standard InChI is InChI=1S/C27H29N3O4/c1-17(2)24(27(33)28-20-13-15-21(34-4)16-14-20)30-26(32)22-7-5-6-8-23(22)29-25(31)19-11-9-18(3)10-12-19/h5-17,24H,1-4H3,(H,28,33)(H,29,31)(H,30,32)/t24-/m0/s1. The largest absolute Gasteiger partial charge is 0.497 e. The molecule has 0 aliphatic rings. The lowest BCUT2D eigenvalue weighted by molar-refractivity contribution is -0.118. The average Bonchev–Trinajstić information content (AvgIpc) is 2.83. The second-order valence-electron chi connectivity index (χ2n) is 8.28. The SMILES string of the molecule is COc1ccc(NC(=O)[C@@H](NC(=O)c2ccccc2NC(=O)c2ccc(C)cc2)C(C)C)cc1. The molecule has 7 nitrogen and oxygen atoms in total. The minimum absolute atomic E-state index is 0.170. The van der Waals surface area contributed by atoms with Crippen LogP contribution in [0.1, 0.15) is 40.1 Å². The lowest BCUT2D eigenvalue weighted by Crippen LogP contribution is -2.47. The summed E-state index contributed by atoms with van der Waals surface area (Å²) in [7, 11) is 1.57. The van der Waals surface area contributed by atoms with Crippen molar-refractivity contribution < 1.29 is 19.1 Å². The number of hydrogen-bond acceptors (Lipinski definition) is 4. The number of amides is 3. The van der Waals surface area contributed by atoms with E-state index in [0.717, 1.165) is 5.56 Å². The molecule has 0 saturated heterocycles. The number of methoxy groups -OCH3 is 1. The summed E-state index contributed by atoms with van der Waals surface area (Å²) < 4.78 is 5.13. The van der Waals surface area contributed by atoms with Gasteiger partial charge in [-0.3, -0.25) is 14.4 Å². The molecule has 0 aliphatic carbocycles. The van der Waals surface area contributed by atoms with Crippen molar-refractivity contribution in [3.05, 3.63) is 89.5 Å². The number of aryl methyl sites for hydroxylation is 1. The van der Waals surface area contributed by atoms with Crippen molar-refractivity contribution in [2.45, 2.75) is 26.8 Å². The molecule has 3 N–H and O–H groups in total. The molecule has 0 heterocycles. The van der Waals surface area contributed by atoms with Gasteiger partial charge in [-0.05, 0) is 61.4 Å². The Morgan fingerprint density at radius 2 is 1.44 bits per heavy atom. The highest BCUT2D eigenvalue weighted by Gasteiger charge is 2.26. The third-order valence-electron chi connectivity index (χ3n) is 5.33. The topological polar surface area (TPSA) is 96.5 Å². The number of ether oxygens (including phenoxy) is 1. The van der Waals surface area contributed by atoms with Crippen molar-refractivity contribution in [1.29, 1.82) is 0 Å². The smallest absolute Gasteiger partial charge is 0.255 e. The average molecular weight is 460 g/mol.